The van der Waals surface area contributed by atoms with E-state index in [9.17, 15) is 4.79 Å². The maximum atomic E-state index is 11.4. The van der Waals surface area contributed by atoms with Gasteiger partial charge in [-0.25, -0.2) is 0 Å². The van der Waals surface area contributed by atoms with Crippen LogP contribution in [0.1, 0.15) is 18.9 Å². The van der Waals surface area contributed by atoms with Gasteiger partial charge in [-0.2, -0.15) is 0 Å². The summed E-state index contributed by atoms with van der Waals surface area (Å²) < 4.78 is 11.5. The van der Waals surface area contributed by atoms with Crippen LogP contribution in [0.2, 0.25) is 0 Å². The molecule has 0 radical (unpaired) electrons. The lowest BCUT2D eigenvalue weighted by molar-refractivity contribution is -0.120. The highest BCUT2D eigenvalue weighted by molar-refractivity contribution is 9.10. The summed E-state index contributed by atoms with van der Waals surface area (Å²) in [4.78, 5) is 11.4. The van der Waals surface area contributed by atoms with Gasteiger partial charge in [0.1, 0.15) is 0 Å². The Bertz CT molecular complexity index is 465. The lowest BCUT2D eigenvalue weighted by Crippen LogP contribution is -2.33. The summed E-state index contributed by atoms with van der Waals surface area (Å²) in [6.07, 6.45) is 0.945. The van der Waals surface area contributed by atoms with E-state index >= 15 is 0 Å². The number of ether oxygens (including phenoxy) is 2. The fourth-order valence-electron chi connectivity index (χ4n) is 1.77. The van der Waals surface area contributed by atoms with Crippen LogP contribution in [0, 0.1) is 0 Å². The maximum Gasteiger partial charge on any atom is 0.233 e. The van der Waals surface area contributed by atoms with Crippen molar-refractivity contribution in [3.05, 3.63) is 22.2 Å². The van der Waals surface area contributed by atoms with Crippen molar-refractivity contribution in [3.8, 4) is 11.5 Å². The van der Waals surface area contributed by atoms with Gasteiger partial charge in [0.25, 0.3) is 0 Å². The second kappa shape index (κ2) is 6.77. The van der Waals surface area contributed by atoms with Crippen molar-refractivity contribution in [1.29, 1.82) is 0 Å². The SMILES string of the molecule is CCCNC(=O)CNCc1cc(Br)c2c(c1)OCO2. The van der Waals surface area contributed by atoms with Crippen molar-refractivity contribution in [3.63, 3.8) is 0 Å². The predicted molar refractivity (Wildman–Crippen MR) is 75.3 cm³/mol. The average molecular weight is 329 g/mol. The number of amides is 1. The molecule has 5 nitrogen and oxygen atoms in total. The van der Waals surface area contributed by atoms with E-state index in [1.807, 2.05) is 19.1 Å². The van der Waals surface area contributed by atoms with Crippen LogP contribution in [0.4, 0.5) is 0 Å². The van der Waals surface area contributed by atoms with Crippen LogP contribution in [0.15, 0.2) is 16.6 Å². The van der Waals surface area contributed by atoms with E-state index in [4.69, 9.17) is 9.47 Å². The molecule has 19 heavy (non-hydrogen) atoms. The molecule has 0 unspecified atom stereocenters. The molecule has 0 aliphatic carbocycles. The first-order valence-corrected chi connectivity index (χ1v) is 7.05. The zero-order valence-corrected chi connectivity index (χ0v) is 12.4. The van der Waals surface area contributed by atoms with Gasteiger partial charge in [0.2, 0.25) is 12.7 Å². The Morgan fingerprint density at radius 3 is 3.05 bits per heavy atom. The highest BCUT2D eigenvalue weighted by atomic mass is 79.9. The molecule has 1 aromatic carbocycles. The van der Waals surface area contributed by atoms with Gasteiger partial charge in [-0.05, 0) is 40.0 Å². The summed E-state index contributed by atoms with van der Waals surface area (Å²) in [6, 6.07) is 3.88. The van der Waals surface area contributed by atoms with Crippen molar-refractivity contribution in [2.75, 3.05) is 19.9 Å². The molecule has 0 saturated heterocycles. The van der Waals surface area contributed by atoms with Gasteiger partial charge in [0.05, 0.1) is 11.0 Å². The van der Waals surface area contributed by atoms with Gasteiger partial charge in [-0.1, -0.05) is 6.92 Å². The maximum absolute atomic E-state index is 11.4. The monoisotopic (exact) mass is 328 g/mol. The minimum atomic E-state index is 0.0154. The van der Waals surface area contributed by atoms with Gasteiger partial charge < -0.3 is 20.1 Å². The molecule has 104 valence electrons. The Kier molecular flexibility index (Phi) is 5.04. The van der Waals surface area contributed by atoms with Crippen LogP contribution in [-0.4, -0.2) is 25.8 Å². The standard InChI is InChI=1S/C13H17BrN2O3/c1-2-3-16-12(17)7-15-6-9-4-10(14)13-11(5-9)18-8-19-13/h4-5,15H,2-3,6-8H2,1H3,(H,16,17). The van der Waals surface area contributed by atoms with E-state index in [-0.39, 0.29) is 12.7 Å². The van der Waals surface area contributed by atoms with E-state index in [1.165, 1.54) is 0 Å². The molecule has 1 aliphatic rings. The molecule has 0 atom stereocenters. The Labute approximate surface area is 120 Å². The average Bonchev–Trinajstić information content (AvgIpc) is 2.85. The summed E-state index contributed by atoms with van der Waals surface area (Å²) in [5, 5.41) is 5.92. The molecular formula is C13H17BrN2O3. The lowest BCUT2D eigenvalue weighted by atomic mass is 10.2. The highest BCUT2D eigenvalue weighted by Crippen LogP contribution is 2.39. The van der Waals surface area contributed by atoms with Crippen molar-refractivity contribution in [2.45, 2.75) is 19.9 Å². The van der Waals surface area contributed by atoms with E-state index in [0.29, 0.717) is 13.1 Å². The topological polar surface area (TPSA) is 59.6 Å². The van der Waals surface area contributed by atoms with Gasteiger partial charge in [0.15, 0.2) is 11.5 Å². The summed E-state index contributed by atoms with van der Waals surface area (Å²) in [6.45, 7) is 3.92. The molecule has 0 saturated carbocycles. The van der Waals surface area contributed by atoms with Gasteiger partial charge in [-0.15, -0.1) is 0 Å². The summed E-state index contributed by atoms with van der Waals surface area (Å²) in [5.74, 6) is 1.49. The zero-order chi connectivity index (χ0) is 13.7. The summed E-state index contributed by atoms with van der Waals surface area (Å²) >= 11 is 3.44. The molecule has 2 rings (SSSR count). The first kappa shape index (κ1) is 14.1. The van der Waals surface area contributed by atoms with Gasteiger partial charge in [-0.3, -0.25) is 4.79 Å². The number of carbonyl (C=O) groups excluding carboxylic acids is 1. The number of rotatable bonds is 6. The first-order valence-electron chi connectivity index (χ1n) is 6.26. The van der Waals surface area contributed by atoms with E-state index in [1.54, 1.807) is 0 Å². The number of benzene rings is 1. The van der Waals surface area contributed by atoms with Crippen LogP contribution in [0.25, 0.3) is 0 Å². The molecule has 0 fully saturated rings. The number of hydrogen-bond acceptors (Lipinski definition) is 4. The van der Waals surface area contributed by atoms with E-state index < -0.39 is 0 Å². The second-order valence-electron chi connectivity index (χ2n) is 4.26. The molecule has 6 heteroatoms. The number of carbonyl (C=O) groups is 1. The van der Waals surface area contributed by atoms with Crippen LogP contribution in [0.5, 0.6) is 11.5 Å². The summed E-state index contributed by atoms with van der Waals surface area (Å²) in [5.41, 5.74) is 1.04. The fraction of sp³-hybridized carbons (Fsp3) is 0.462. The normalized spacial score (nSPS) is 12.5. The van der Waals surface area contributed by atoms with E-state index in [2.05, 4.69) is 26.6 Å². The van der Waals surface area contributed by atoms with Crippen LogP contribution in [-0.2, 0) is 11.3 Å². The van der Waals surface area contributed by atoms with Crippen molar-refractivity contribution >= 4 is 21.8 Å². The smallest absolute Gasteiger partial charge is 0.233 e. The number of nitrogens with one attached hydrogen (secondary N) is 2. The van der Waals surface area contributed by atoms with Crippen LogP contribution in [0.3, 0.4) is 0 Å². The molecule has 0 spiro atoms. The second-order valence-corrected chi connectivity index (χ2v) is 5.12. The number of halogens is 1. The molecule has 2 N–H and O–H groups in total. The van der Waals surface area contributed by atoms with Crippen molar-refractivity contribution < 1.29 is 14.3 Å². The van der Waals surface area contributed by atoms with Crippen molar-refractivity contribution in [2.24, 2.45) is 0 Å². The Balaban J connectivity index is 1.83. The molecule has 1 aromatic rings. The molecule has 1 amide bonds. The summed E-state index contributed by atoms with van der Waals surface area (Å²) in [7, 11) is 0. The third kappa shape index (κ3) is 3.84. The molecule has 0 bridgehead atoms. The number of fused-ring (bicyclic) bond motifs is 1. The highest BCUT2D eigenvalue weighted by Gasteiger charge is 2.17. The third-order valence-electron chi connectivity index (χ3n) is 2.67. The molecule has 1 aliphatic heterocycles. The largest absolute Gasteiger partial charge is 0.454 e. The Morgan fingerprint density at radius 1 is 1.42 bits per heavy atom. The first-order chi connectivity index (χ1) is 9.20. The molecular weight excluding hydrogens is 312 g/mol. The quantitative estimate of drug-likeness (QED) is 0.835. The Hall–Kier alpha value is -1.27. The van der Waals surface area contributed by atoms with E-state index in [0.717, 1.165) is 34.5 Å². The molecule has 1 heterocycles. The minimum absolute atomic E-state index is 0.0154. The number of hydrogen-bond donors (Lipinski definition) is 2. The third-order valence-corrected chi connectivity index (χ3v) is 3.26. The van der Waals surface area contributed by atoms with Crippen molar-refractivity contribution in [1.82, 2.24) is 10.6 Å². The van der Waals surface area contributed by atoms with Crippen LogP contribution < -0.4 is 20.1 Å². The zero-order valence-electron chi connectivity index (χ0n) is 10.8. The van der Waals surface area contributed by atoms with Gasteiger partial charge >= 0.3 is 0 Å². The van der Waals surface area contributed by atoms with Crippen LogP contribution >= 0.6 is 15.9 Å². The fourth-order valence-corrected chi connectivity index (χ4v) is 2.37. The molecule has 0 aromatic heterocycles. The predicted octanol–water partition coefficient (Wildman–Crippen LogP) is 1.79. The Morgan fingerprint density at radius 2 is 2.26 bits per heavy atom. The van der Waals surface area contributed by atoms with Gasteiger partial charge in [0, 0.05) is 13.1 Å². The lowest BCUT2D eigenvalue weighted by Gasteiger charge is -2.07. The minimum Gasteiger partial charge on any atom is -0.454 e.